The summed E-state index contributed by atoms with van der Waals surface area (Å²) in [5.41, 5.74) is 14.9. The third-order valence-corrected chi connectivity index (χ3v) is 12.4. The molecule has 0 saturated carbocycles. The first kappa shape index (κ1) is 33.1. The van der Waals surface area contributed by atoms with E-state index in [1.807, 2.05) is 0 Å². The van der Waals surface area contributed by atoms with Crippen molar-refractivity contribution < 1.29 is 0 Å². The second kappa shape index (κ2) is 11.0. The van der Waals surface area contributed by atoms with Crippen LogP contribution in [0.25, 0.3) is 98.4 Å². The molecule has 0 heterocycles. The first-order valence-corrected chi connectivity index (χ1v) is 19.7. The molecule has 264 valence electrons. The molecule has 0 saturated heterocycles. The lowest BCUT2D eigenvalue weighted by Gasteiger charge is -2.23. The average molecular weight is 697 g/mol. The van der Waals surface area contributed by atoms with Crippen LogP contribution in [0.3, 0.4) is 0 Å². The summed E-state index contributed by atoms with van der Waals surface area (Å²) in [6.45, 7) is 20.8. The highest BCUT2D eigenvalue weighted by atomic mass is 14.3. The van der Waals surface area contributed by atoms with E-state index in [1.54, 1.807) is 0 Å². The maximum Gasteiger partial charge on any atom is -0.000740 e. The number of benzene rings is 9. The molecule has 0 unspecified atom stereocenters. The average Bonchev–Trinajstić information content (AvgIpc) is 3.47. The monoisotopic (exact) mass is 696 g/mol. The Morgan fingerprint density at radius 1 is 0.296 bits per heavy atom. The molecular formula is C54H48. The van der Waals surface area contributed by atoms with Crippen molar-refractivity contribution in [1.29, 1.82) is 0 Å². The molecule has 0 aromatic heterocycles. The van der Waals surface area contributed by atoms with Gasteiger partial charge >= 0.3 is 0 Å². The largest absolute Gasteiger partial charge is 0.0616 e. The fourth-order valence-electron chi connectivity index (χ4n) is 9.51. The van der Waals surface area contributed by atoms with Gasteiger partial charge in [-0.25, -0.2) is 0 Å². The van der Waals surface area contributed by atoms with E-state index in [2.05, 4.69) is 190 Å². The van der Waals surface area contributed by atoms with E-state index < -0.39 is 0 Å². The molecule has 1 aliphatic carbocycles. The molecular weight excluding hydrogens is 649 g/mol. The van der Waals surface area contributed by atoms with Gasteiger partial charge in [-0.1, -0.05) is 184 Å². The van der Waals surface area contributed by atoms with Crippen LogP contribution in [0.2, 0.25) is 0 Å². The Morgan fingerprint density at radius 2 is 0.741 bits per heavy atom. The van der Waals surface area contributed by atoms with Gasteiger partial charge in [-0.15, -0.1) is 0 Å². The van der Waals surface area contributed by atoms with Gasteiger partial charge in [0.25, 0.3) is 0 Å². The Hall–Kier alpha value is -5.46. The zero-order valence-electron chi connectivity index (χ0n) is 33.1. The van der Waals surface area contributed by atoms with Crippen LogP contribution in [0.5, 0.6) is 0 Å². The minimum atomic E-state index is 0.0427. The highest BCUT2D eigenvalue weighted by Crippen LogP contribution is 2.59. The molecule has 1 aliphatic rings. The SMILES string of the molecule is CC(C)(C)c1ccc(-c2c3c(c(-c4ccc(C(C)(C)C)cc4)c4ccccc24)-c2ccc4c5cc(C(C)(C)C)cc6cccc(c7ccc-3c2c74)c65)cc1. The van der Waals surface area contributed by atoms with Crippen LogP contribution in [0, 0.1) is 0 Å². The molecule has 0 N–H and O–H groups in total. The van der Waals surface area contributed by atoms with Gasteiger partial charge in [0.2, 0.25) is 0 Å². The summed E-state index contributed by atoms with van der Waals surface area (Å²) in [6.07, 6.45) is 0. The molecule has 0 bridgehead atoms. The maximum absolute atomic E-state index is 2.49. The van der Waals surface area contributed by atoms with Crippen LogP contribution in [-0.2, 0) is 16.2 Å². The third-order valence-electron chi connectivity index (χ3n) is 12.4. The topological polar surface area (TPSA) is 0 Å². The van der Waals surface area contributed by atoms with E-state index in [-0.39, 0.29) is 16.2 Å². The summed E-state index contributed by atoms with van der Waals surface area (Å²) in [6, 6.07) is 49.6. The van der Waals surface area contributed by atoms with Crippen molar-refractivity contribution in [2.75, 3.05) is 0 Å². The summed E-state index contributed by atoms with van der Waals surface area (Å²) < 4.78 is 0. The molecule has 0 atom stereocenters. The Balaban J connectivity index is 1.38. The first-order chi connectivity index (χ1) is 25.7. The first-order valence-electron chi connectivity index (χ1n) is 19.7. The molecule has 0 fully saturated rings. The Kier molecular flexibility index (Phi) is 6.78. The number of hydrogen-bond donors (Lipinski definition) is 0. The minimum Gasteiger partial charge on any atom is -0.0616 e. The molecule has 0 aliphatic heterocycles. The van der Waals surface area contributed by atoms with Crippen LogP contribution in [0.4, 0.5) is 0 Å². The molecule has 0 amide bonds. The number of hydrogen-bond acceptors (Lipinski definition) is 0. The van der Waals surface area contributed by atoms with E-state index in [9.17, 15) is 0 Å². The predicted molar refractivity (Wildman–Crippen MR) is 237 cm³/mol. The molecule has 0 heteroatoms. The molecule has 0 nitrogen and oxygen atoms in total. The highest BCUT2D eigenvalue weighted by molar-refractivity contribution is 6.39. The van der Waals surface area contributed by atoms with Crippen molar-refractivity contribution in [3.63, 3.8) is 0 Å². The maximum atomic E-state index is 2.49. The highest BCUT2D eigenvalue weighted by Gasteiger charge is 2.32. The van der Waals surface area contributed by atoms with Crippen molar-refractivity contribution in [3.8, 4) is 44.5 Å². The number of fused-ring (bicyclic) bond motifs is 6. The van der Waals surface area contributed by atoms with E-state index >= 15 is 0 Å². The molecule has 9 aromatic rings. The van der Waals surface area contributed by atoms with Gasteiger partial charge in [0.1, 0.15) is 0 Å². The van der Waals surface area contributed by atoms with Crippen molar-refractivity contribution >= 4 is 53.9 Å². The fourth-order valence-corrected chi connectivity index (χ4v) is 9.51. The summed E-state index contributed by atoms with van der Waals surface area (Å²) in [4.78, 5) is 0. The number of rotatable bonds is 2. The second-order valence-electron chi connectivity index (χ2n) is 18.9. The molecule has 10 rings (SSSR count). The molecule has 54 heavy (non-hydrogen) atoms. The lowest BCUT2D eigenvalue weighted by atomic mass is 9.80. The Bertz CT molecular complexity index is 2870. The summed E-state index contributed by atoms with van der Waals surface area (Å²) in [7, 11) is 0. The fraction of sp³-hybridized carbons (Fsp3) is 0.222. The van der Waals surface area contributed by atoms with E-state index in [0.717, 1.165) is 0 Å². The quantitative estimate of drug-likeness (QED) is 0.125. The zero-order chi connectivity index (χ0) is 37.5. The minimum absolute atomic E-state index is 0.0427. The summed E-state index contributed by atoms with van der Waals surface area (Å²) in [5.74, 6) is 0. The van der Waals surface area contributed by atoms with Gasteiger partial charge in [-0.2, -0.15) is 0 Å². The smallest absolute Gasteiger partial charge is 0.000740 e. The van der Waals surface area contributed by atoms with Gasteiger partial charge in [0, 0.05) is 0 Å². The van der Waals surface area contributed by atoms with Crippen molar-refractivity contribution in [2.24, 2.45) is 0 Å². The van der Waals surface area contributed by atoms with E-state index in [1.165, 1.54) is 115 Å². The molecule has 9 aromatic carbocycles. The van der Waals surface area contributed by atoms with Gasteiger partial charge in [0.15, 0.2) is 0 Å². The van der Waals surface area contributed by atoms with Gasteiger partial charge in [-0.05, 0) is 137 Å². The summed E-state index contributed by atoms with van der Waals surface area (Å²) >= 11 is 0. The third kappa shape index (κ3) is 4.68. The standard InChI is InChI=1S/C54H48/c1-52(2,3)34-21-17-31(18-22-34)46-38-14-10-11-15-39(38)47(32-19-23-35(24-20-32)53(4,5)6)51-43-28-26-41-44-30-36(54(7,8)9)29-33-13-12-16-37(45(33)44)40-25-27-42(50(46)51)49(43)48(40)41/h10-30H,1-9H3. The lowest BCUT2D eigenvalue weighted by molar-refractivity contribution is 0.590. The zero-order valence-corrected chi connectivity index (χ0v) is 33.1. The van der Waals surface area contributed by atoms with Crippen LogP contribution >= 0.6 is 0 Å². The Labute approximate surface area is 319 Å². The van der Waals surface area contributed by atoms with Crippen LogP contribution < -0.4 is 0 Å². The second-order valence-corrected chi connectivity index (χ2v) is 18.9. The normalized spacial score (nSPS) is 13.3. The molecule has 0 radical (unpaired) electrons. The van der Waals surface area contributed by atoms with Crippen LogP contribution in [0.1, 0.15) is 79.0 Å². The van der Waals surface area contributed by atoms with Crippen molar-refractivity contribution in [3.05, 3.63) is 144 Å². The predicted octanol–water partition coefficient (Wildman–Crippen LogP) is 15.8. The molecule has 0 spiro atoms. The van der Waals surface area contributed by atoms with Crippen LogP contribution in [-0.4, -0.2) is 0 Å². The van der Waals surface area contributed by atoms with Crippen LogP contribution in [0.15, 0.2) is 127 Å². The van der Waals surface area contributed by atoms with E-state index in [4.69, 9.17) is 0 Å². The van der Waals surface area contributed by atoms with Gasteiger partial charge in [-0.3, -0.25) is 0 Å². The van der Waals surface area contributed by atoms with Crippen molar-refractivity contribution in [1.82, 2.24) is 0 Å². The summed E-state index contributed by atoms with van der Waals surface area (Å²) in [5, 5.41) is 13.5. The van der Waals surface area contributed by atoms with Gasteiger partial charge in [0.05, 0.1) is 0 Å². The van der Waals surface area contributed by atoms with Crippen molar-refractivity contribution in [2.45, 2.75) is 78.6 Å². The van der Waals surface area contributed by atoms with E-state index in [0.29, 0.717) is 0 Å². The Morgan fingerprint density at radius 3 is 1.22 bits per heavy atom. The van der Waals surface area contributed by atoms with Gasteiger partial charge < -0.3 is 0 Å². The lowest BCUT2D eigenvalue weighted by Crippen LogP contribution is -2.10.